The summed E-state index contributed by atoms with van der Waals surface area (Å²) in [4.78, 5) is 13.7. The average Bonchev–Trinajstić information content (AvgIpc) is 3.14. The van der Waals surface area contributed by atoms with Crippen molar-refractivity contribution in [3.05, 3.63) is 18.2 Å². The maximum absolute atomic E-state index is 13.6. The highest BCUT2D eigenvalue weighted by Crippen LogP contribution is 2.25. The highest BCUT2D eigenvalue weighted by atomic mass is 32.2. The van der Waals surface area contributed by atoms with Gasteiger partial charge in [-0.25, -0.2) is 12.8 Å². The molecule has 0 radical (unpaired) electrons. The first kappa shape index (κ1) is 18.6. The zero-order valence-electron chi connectivity index (χ0n) is 14.5. The van der Waals surface area contributed by atoms with Crippen LogP contribution in [0, 0.1) is 0 Å². The van der Waals surface area contributed by atoms with Gasteiger partial charge in [-0.05, 0) is 19.1 Å². The molecule has 146 valence electrons. The van der Waals surface area contributed by atoms with Crippen molar-refractivity contribution in [2.75, 3.05) is 26.2 Å². The summed E-state index contributed by atoms with van der Waals surface area (Å²) in [5, 5.41) is 5.59. The Morgan fingerprint density at radius 3 is 2.67 bits per heavy atom. The van der Waals surface area contributed by atoms with Crippen molar-refractivity contribution >= 4 is 38.7 Å². The Balaban J connectivity index is 1.48. The van der Waals surface area contributed by atoms with Gasteiger partial charge < -0.3 is 5.32 Å². The zero-order chi connectivity index (χ0) is 19.2. The van der Waals surface area contributed by atoms with E-state index in [0.29, 0.717) is 24.1 Å². The average molecular weight is 414 g/mol. The van der Waals surface area contributed by atoms with Crippen LogP contribution in [0.1, 0.15) is 6.92 Å². The van der Waals surface area contributed by atoms with Crippen LogP contribution in [-0.4, -0.2) is 77.0 Å². The fraction of sp³-hybridized carbons (Fsp3) is 0.533. The largest absolute Gasteiger partial charge is 0.325 e. The topological polar surface area (TPSA) is 108 Å². The molecule has 12 heteroatoms. The summed E-state index contributed by atoms with van der Waals surface area (Å²) < 4.78 is 49.3. The second-order valence-corrected chi connectivity index (χ2v) is 9.03. The van der Waals surface area contributed by atoms with Crippen molar-refractivity contribution in [3.8, 4) is 0 Å². The van der Waals surface area contributed by atoms with Gasteiger partial charge in [0.25, 0.3) is 5.91 Å². The van der Waals surface area contributed by atoms with Crippen LogP contribution in [0.3, 0.4) is 0 Å². The van der Waals surface area contributed by atoms with E-state index in [9.17, 15) is 17.6 Å². The maximum atomic E-state index is 13.6. The van der Waals surface area contributed by atoms with Crippen LogP contribution in [0.15, 0.2) is 23.1 Å². The van der Waals surface area contributed by atoms with Gasteiger partial charge >= 0.3 is 0 Å². The lowest BCUT2D eigenvalue weighted by atomic mass is 10.1. The number of amides is 1. The smallest absolute Gasteiger partial charge is 0.258 e. The lowest BCUT2D eigenvalue weighted by Crippen LogP contribution is -2.69. The number of piperazine rings is 1. The van der Waals surface area contributed by atoms with Crippen LogP contribution in [0.2, 0.25) is 0 Å². The van der Waals surface area contributed by atoms with Gasteiger partial charge in [0, 0.05) is 32.2 Å². The van der Waals surface area contributed by atoms with Crippen molar-refractivity contribution in [2.45, 2.75) is 30.3 Å². The third-order valence-corrected chi connectivity index (χ3v) is 7.37. The van der Waals surface area contributed by atoms with Gasteiger partial charge in [0.05, 0.1) is 11.7 Å². The lowest BCUT2D eigenvalue weighted by Gasteiger charge is -2.42. The summed E-state index contributed by atoms with van der Waals surface area (Å²) >= 11 is 0.979. The number of halogens is 1. The molecule has 0 aliphatic carbocycles. The summed E-state index contributed by atoms with van der Waals surface area (Å²) in [5.74, 6) is -0.649. The summed E-state index contributed by atoms with van der Waals surface area (Å²) in [6, 6.07) is 4.33. The van der Waals surface area contributed by atoms with Crippen LogP contribution >= 0.6 is 11.7 Å². The highest BCUT2D eigenvalue weighted by Gasteiger charge is 2.38. The van der Waals surface area contributed by atoms with Gasteiger partial charge in [-0.2, -0.15) is 13.1 Å². The van der Waals surface area contributed by atoms with Crippen molar-refractivity contribution in [1.82, 2.24) is 28.6 Å². The Morgan fingerprint density at radius 1 is 1.22 bits per heavy atom. The van der Waals surface area contributed by atoms with Crippen molar-refractivity contribution in [2.24, 2.45) is 0 Å². The molecule has 2 saturated heterocycles. The minimum Gasteiger partial charge on any atom is -0.325 e. The van der Waals surface area contributed by atoms with Gasteiger partial charge in [-0.3, -0.25) is 15.0 Å². The SMILES string of the molecule is CC1NC(N2CCN(S(=O)(=O)c3cccc4nsnc34)CC2)NC(=O)C1F. The Kier molecular flexibility index (Phi) is 4.84. The molecule has 4 rings (SSSR count). The standard InChI is InChI=1S/C15H19FN6O3S2/c1-9-12(16)14(23)18-15(17-9)21-5-7-22(8-6-21)27(24,25)11-4-2-3-10-13(11)20-26-19-10/h2-4,9,12,15,17H,5-8H2,1H3,(H,18,23). The maximum Gasteiger partial charge on any atom is 0.258 e. The van der Waals surface area contributed by atoms with Crippen LogP contribution in [0.5, 0.6) is 0 Å². The van der Waals surface area contributed by atoms with Gasteiger partial charge in [-0.15, -0.1) is 0 Å². The number of carbonyl (C=O) groups is 1. The molecule has 3 heterocycles. The number of sulfonamides is 1. The van der Waals surface area contributed by atoms with Gasteiger partial charge in [-0.1, -0.05) is 6.07 Å². The molecule has 0 bridgehead atoms. The van der Waals surface area contributed by atoms with Gasteiger partial charge in [0.2, 0.25) is 10.0 Å². The third-order valence-electron chi connectivity index (χ3n) is 4.89. The molecule has 2 aliphatic heterocycles. The van der Waals surface area contributed by atoms with Crippen LogP contribution in [0.25, 0.3) is 11.0 Å². The van der Waals surface area contributed by atoms with E-state index in [1.54, 1.807) is 19.1 Å². The Labute approximate surface area is 159 Å². The van der Waals surface area contributed by atoms with E-state index in [0.717, 1.165) is 11.7 Å². The van der Waals surface area contributed by atoms with Gasteiger partial charge in [0.15, 0.2) is 6.17 Å². The van der Waals surface area contributed by atoms with Crippen LogP contribution in [-0.2, 0) is 14.8 Å². The quantitative estimate of drug-likeness (QED) is 0.712. The Bertz CT molecular complexity index is 959. The number of hydrogen-bond acceptors (Lipinski definition) is 8. The minimum atomic E-state index is -3.70. The number of nitrogens with zero attached hydrogens (tertiary/aromatic N) is 4. The number of fused-ring (bicyclic) bond motifs is 1. The fourth-order valence-corrected chi connectivity index (χ4v) is 5.52. The van der Waals surface area contributed by atoms with E-state index in [-0.39, 0.29) is 18.0 Å². The molecule has 27 heavy (non-hydrogen) atoms. The summed E-state index contributed by atoms with van der Waals surface area (Å²) in [5.41, 5.74) is 0.942. The Hall–Kier alpha value is -1.73. The van der Waals surface area contributed by atoms with E-state index in [1.807, 2.05) is 4.90 Å². The van der Waals surface area contributed by atoms with E-state index < -0.39 is 34.4 Å². The number of hydrogen-bond donors (Lipinski definition) is 2. The number of rotatable bonds is 3. The first-order valence-corrected chi connectivity index (χ1v) is 10.7. The number of nitrogens with one attached hydrogen (secondary N) is 2. The van der Waals surface area contributed by atoms with Crippen LogP contribution in [0.4, 0.5) is 4.39 Å². The monoisotopic (exact) mass is 414 g/mol. The molecule has 1 aromatic carbocycles. The van der Waals surface area contributed by atoms with E-state index in [1.165, 1.54) is 10.4 Å². The predicted octanol–water partition coefficient (Wildman–Crippen LogP) is -0.273. The molecule has 2 aromatic rings. The molecule has 2 aliphatic rings. The van der Waals surface area contributed by atoms with Crippen molar-refractivity contribution in [1.29, 1.82) is 0 Å². The first-order valence-electron chi connectivity index (χ1n) is 8.54. The molecule has 0 spiro atoms. The normalized spacial score (nSPS) is 28.4. The second-order valence-electron chi connectivity index (χ2n) is 6.60. The predicted molar refractivity (Wildman–Crippen MR) is 97.2 cm³/mol. The molecule has 1 aromatic heterocycles. The Morgan fingerprint density at radius 2 is 1.96 bits per heavy atom. The second kappa shape index (κ2) is 7.02. The number of alkyl halides is 1. The number of benzene rings is 1. The molecular weight excluding hydrogens is 395 g/mol. The fourth-order valence-electron chi connectivity index (χ4n) is 3.34. The highest BCUT2D eigenvalue weighted by molar-refractivity contribution is 7.89. The van der Waals surface area contributed by atoms with E-state index in [2.05, 4.69) is 19.4 Å². The molecule has 9 nitrogen and oxygen atoms in total. The van der Waals surface area contributed by atoms with E-state index in [4.69, 9.17) is 0 Å². The summed E-state index contributed by atoms with van der Waals surface area (Å²) in [7, 11) is -3.70. The molecular formula is C15H19FN6O3S2. The number of aromatic nitrogens is 2. The number of carbonyl (C=O) groups excluding carboxylic acids is 1. The first-order chi connectivity index (χ1) is 12.9. The summed E-state index contributed by atoms with van der Waals surface area (Å²) in [6.07, 6.45) is -2.09. The molecule has 0 saturated carbocycles. The van der Waals surface area contributed by atoms with E-state index >= 15 is 0 Å². The zero-order valence-corrected chi connectivity index (χ0v) is 16.1. The minimum absolute atomic E-state index is 0.153. The van der Waals surface area contributed by atoms with Gasteiger partial charge in [0.1, 0.15) is 22.2 Å². The third kappa shape index (κ3) is 3.31. The summed E-state index contributed by atoms with van der Waals surface area (Å²) in [6.45, 7) is 2.95. The molecule has 3 unspecified atom stereocenters. The molecule has 2 fully saturated rings. The molecule has 1 amide bonds. The molecule has 3 atom stereocenters. The van der Waals surface area contributed by atoms with Crippen molar-refractivity contribution in [3.63, 3.8) is 0 Å². The molecule has 2 N–H and O–H groups in total. The van der Waals surface area contributed by atoms with Crippen LogP contribution < -0.4 is 10.6 Å². The lowest BCUT2D eigenvalue weighted by molar-refractivity contribution is -0.133. The van der Waals surface area contributed by atoms with Crippen molar-refractivity contribution < 1.29 is 17.6 Å².